The number of rotatable bonds is 4. The number of hydrogen-bond acceptors (Lipinski definition) is 3. The number of anilines is 1. The highest BCUT2D eigenvalue weighted by Gasteiger charge is 2.52. The third-order valence-corrected chi connectivity index (χ3v) is 5.60. The van der Waals surface area contributed by atoms with Crippen LogP contribution in [0.3, 0.4) is 0 Å². The molecular weight excluding hydrogens is 330 g/mol. The van der Waals surface area contributed by atoms with Gasteiger partial charge in [-0.2, -0.15) is 0 Å². The van der Waals surface area contributed by atoms with Crippen LogP contribution in [0.5, 0.6) is 0 Å². The normalized spacial score (nSPS) is 25.5. The fourth-order valence-corrected chi connectivity index (χ4v) is 3.93. The topological polar surface area (TPSA) is 69.7 Å². The molecule has 6 nitrogen and oxygen atoms in total. The van der Waals surface area contributed by atoms with Gasteiger partial charge in [-0.1, -0.05) is 19.1 Å². The van der Waals surface area contributed by atoms with Crippen molar-refractivity contribution in [3.05, 3.63) is 29.8 Å². The first-order valence-electron chi connectivity index (χ1n) is 9.37. The second kappa shape index (κ2) is 7.09. The van der Waals surface area contributed by atoms with E-state index in [0.29, 0.717) is 25.3 Å². The molecule has 0 radical (unpaired) electrons. The molecule has 2 fully saturated rings. The van der Waals surface area contributed by atoms with E-state index in [1.807, 2.05) is 38.1 Å². The van der Waals surface area contributed by atoms with Crippen molar-refractivity contribution in [1.29, 1.82) is 0 Å². The highest BCUT2D eigenvalue weighted by Crippen LogP contribution is 2.36. The maximum absolute atomic E-state index is 12.9. The summed E-state index contributed by atoms with van der Waals surface area (Å²) in [6.07, 6.45) is 3.13. The van der Waals surface area contributed by atoms with E-state index < -0.39 is 11.6 Å². The van der Waals surface area contributed by atoms with Gasteiger partial charge in [-0.05, 0) is 63.1 Å². The maximum Gasteiger partial charge on any atom is 0.325 e. The number of aryl methyl sites for hydroxylation is 1. The molecule has 0 aromatic heterocycles. The number of amides is 4. The highest BCUT2D eigenvalue weighted by atomic mass is 16.2. The van der Waals surface area contributed by atoms with Crippen molar-refractivity contribution < 1.29 is 14.4 Å². The molecule has 1 aromatic carbocycles. The van der Waals surface area contributed by atoms with Gasteiger partial charge in [0.25, 0.3) is 5.91 Å². The van der Waals surface area contributed by atoms with Crippen LogP contribution in [0.1, 0.15) is 45.1 Å². The van der Waals surface area contributed by atoms with Crippen molar-refractivity contribution in [2.24, 2.45) is 5.92 Å². The number of nitrogens with one attached hydrogen (secondary N) is 1. The molecule has 1 N–H and O–H groups in total. The van der Waals surface area contributed by atoms with Gasteiger partial charge in [0, 0.05) is 12.2 Å². The molecular formula is C20H27N3O3. The summed E-state index contributed by atoms with van der Waals surface area (Å²) in [4.78, 5) is 40.8. The summed E-state index contributed by atoms with van der Waals surface area (Å²) in [6, 6.07) is 7.21. The van der Waals surface area contributed by atoms with Crippen LogP contribution >= 0.6 is 0 Å². The smallest absolute Gasteiger partial charge is 0.323 e. The molecule has 6 heteroatoms. The quantitative estimate of drug-likeness (QED) is 0.843. The average molecular weight is 357 g/mol. The SMILES string of the molecule is CCN(C(=O)CN1C(=O)NC2(CCC(C)CC2)C1=O)c1cccc(C)c1. The number of urea groups is 1. The Hall–Kier alpha value is -2.37. The Balaban J connectivity index is 1.74. The third-order valence-electron chi connectivity index (χ3n) is 5.60. The van der Waals surface area contributed by atoms with Crippen LogP contribution < -0.4 is 10.2 Å². The largest absolute Gasteiger partial charge is 0.325 e. The summed E-state index contributed by atoms with van der Waals surface area (Å²) in [6.45, 7) is 6.28. The third kappa shape index (κ3) is 3.32. The van der Waals surface area contributed by atoms with Crippen LogP contribution in [0.2, 0.25) is 0 Å². The molecule has 1 aromatic rings. The fourth-order valence-electron chi connectivity index (χ4n) is 3.93. The van der Waals surface area contributed by atoms with Gasteiger partial charge in [-0.3, -0.25) is 14.5 Å². The first-order valence-corrected chi connectivity index (χ1v) is 9.37. The first-order chi connectivity index (χ1) is 12.4. The Morgan fingerprint density at radius 2 is 2.00 bits per heavy atom. The predicted octanol–water partition coefficient (Wildman–Crippen LogP) is 2.85. The van der Waals surface area contributed by atoms with Gasteiger partial charge in [-0.15, -0.1) is 0 Å². The molecule has 1 saturated carbocycles. The minimum Gasteiger partial charge on any atom is -0.323 e. The Kier molecular flexibility index (Phi) is 5.03. The number of benzene rings is 1. The minimum absolute atomic E-state index is 0.218. The van der Waals surface area contributed by atoms with Crippen molar-refractivity contribution >= 4 is 23.5 Å². The summed E-state index contributed by atoms with van der Waals surface area (Å²) in [5, 5.41) is 2.87. The molecule has 0 bridgehead atoms. The summed E-state index contributed by atoms with van der Waals surface area (Å²) >= 11 is 0. The lowest BCUT2D eigenvalue weighted by molar-refractivity contribution is -0.135. The maximum atomic E-state index is 12.9. The van der Waals surface area contributed by atoms with Crippen LogP contribution in [0, 0.1) is 12.8 Å². The van der Waals surface area contributed by atoms with Gasteiger partial charge >= 0.3 is 6.03 Å². The first kappa shape index (κ1) is 18.4. The lowest BCUT2D eigenvalue weighted by Gasteiger charge is -2.33. The van der Waals surface area contributed by atoms with Crippen LogP contribution in [0.25, 0.3) is 0 Å². The van der Waals surface area contributed by atoms with E-state index in [-0.39, 0.29) is 18.4 Å². The van der Waals surface area contributed by atoms with Gasteiger partial charge in [0.05, 0.1) is 0 Å². The van der Waals surface area contributed by atoms with Crippen LogP contribution in [-0.2, 0) is 9.59 Å². The lowest BCUT2D eigenvalue weighted by Crippen LogP contribution is -2.50. The summed E-state index contributed by atoms with van der Waals surface area (Å²) < 4.78 is 0. The summed E-state index contributed by atoms with van der Waals surface area (Å²) in [5.41, 5.74) is 1.04. The zero-order valence-electron chi connectivity index (χ0n) is 15.7. The Labute approximate surface area is 154 Å². The molecule has 1 heterocycles. The number of nitrogens with zero attached hydrogens (tertiary/aromatic N) is 2. The number of likely N-dealkylation sites (N-methyl/N-ethyl adjacent to an activating group) is 1. The summed E-state index contributed by atoms with van der Waals surface area (Å²) in [7, 11) is 0. The number of carbonyl (C=O) groups is 3. The lowest BCUT2D eigenvalue weighted by atomic mass is 9.77. The zero-order valence-corrected chi connectivity index (χ0v) is 15.7. The Morgan fingerprint density at radius 3 is 2.62 bits per heavy atom. The monoisotopic (exact) mass is 357 g/mol. The molecule has 1 spiro atoms. The second-order valence-electron chi connectivity index (χ2n) is 7.56. The molecule has 2 aliphatic rings. The molecule has 0 atom stereocenters. The van der Waals surface area contributed by atoms with Gasteiger partial charge < -0.3 is 10.2 Å². The Morgan fingerprint density at radius 1 is 1.31 bits per heavy atom. The summed E-state index contributed by atoms with van der Waals surface area (Å²) in [5.74, 6) is 0.0729. The van der Waals surface area contributed by atoms with E-state index >= 15 is 0 Å². The van der Waals surface area contributed by atoms with E-state index in [2.05, 4.69) is 12.2 Å². The van der Waals surface area contributed by atoms with Crippen LogP contribution in [0.4, 0.5) is 10.5 Å². The molecule has 140 valence electrons. The van der Waals surface area contributed by atoms with E-state index in [4.69, 9.17) is 0 Å². The van der Waals surface area contributed by atoms with Crippen molar-refractivity contribution in [1.82, 2.24) is 10.2 Å². The number of hydrogen-bond donors (Lipinski definition) is 1. The van der Waals surface area contributed by atoms with Gasteiger partial charge in [0.15, 0.2) is 0 Å². The van der Waals surface area contributed by atoms with Crippen molar-refractivity contribution in [2.75, 3.05) is 18.0 Å². The molecule has 4 amide bonds. The molecule has 1 aliphatic carbocycles. The highest BCUT2D eigenvalue weighted by molar-refractivity contribution is 6.10. The minimum atomic E-state index is -0.801. The van der Waals surface area contributed by atoms with Crippen LogP contribution in [-0.4, -0.2) is 41.4 Å². The molecule has 3 rings (SSSR count). The second-order valence-corrected chi connectivity index (χ2v) is 7.56. The standard InChI is InChI=1S/C20H27N3O3/c1-4-22(16-7-5-6-15(3)12-16)17(24)13-23-18(25)20(21-19(23)26)10-8-14(2)9-11-20/h5-7,12,14H,4,8-11,13H2,1-3H3,(H,21,26). The average Bonchev–Trinajstić information content (AvgIpc) is 2.83. The van der Waals surface area contributed by atoms with E-state index in [9.17, 15) is 14.4 Å². The van der Waals surface area contributed by atoms with Crippen LogP contribution in [0.15, 0.2) is 24.3 Å². The van der Waals surface area contributed by atoms with Crippen molar-refractivity contribution in [3.8, 4) is 0 Å². The van der Waals surface area contributed by atoms with Gasteiger partial charge in [0.2, 0.25) is 5.91 Å². The number of carbonyl (C=O) groups excluding carboxylic acids is 3. The fraction of sp³-hybridized carbons (Fsp3) is 0.550. The van der Waals surface area contributed by atoms with E-state index in [1.54, 1.807) is 4.90 Å². The van der Waals surface area contributed by atoms with E-state index in [1.165, 1.54) is 0 Å². The zero-order chi connectivity index (χ0) is 18.9. The molecule has 26 heavy (non-hydrogen) atoms. The van der Waals surface area contributed by atoms with Crippen molar-refractivity contribution in [2.45, 2.75) is 52.0 Å². The molecule has 1 aliphatic heterocycles. The van der Waals surface area contributed by atoms with E-state index in [0.717, 1.165) is 29.0 Å². The number of imide groups is 1. The van der Waals surface area contributed by atoms with Gasteiger partial charge in [-0.25, -0.2) is 4.79 Å². The predicted molar refractivity (Wildman–Crippen MR) is 99.8 cm³/mol. The Bertz CT molecular complexity index is 723. The van der Waals surface area contributed by atoms with Crippen molar-refractivity contribution in [3.63, 3.8) is 0 Å². The molecule has 0 unspecified atom stereocenters. The van der Waals surface area contributed by atoms with Gasteiger partial charge in [0.1, 0.15) is 12.1 Å². The molecule has 1 saturated heterocycles.